The summed E-state index contributed by atoms with van der Waals surface area (Å²) >= 11 is 18.4. The van der Waals surface area contributed by atoms with Gasteiger partial charge in [-0.25, -0.2) is 4.98 Å². The monoisotopic (exact) mass is 376 g/mol. The first kappa shape index (κ1) is 18.2. The minimum atomic E-state index is 0.288. The fourth-order valence-electron chi connectivity index (χ4n) is 2.18. The first-order chi connectivity index (χ1) is 11.1. The number of aromatic nitrogens is 2. The molecule has 0 unspecified atom stereocenters. The van der Waals surface area contributed by atoms with Crippen LogP contribution in [0.3, 0.4) is 0 Å². The molecular weight excluding hydrogens is 359 g/mol. The van der Waals surface area contributed by atoms with Gasteiger partial charge in [0.15, 0.2) is 5.75 Å². The highest BCUT2D eigenvalue weighted by molar-refractivity contribution is 6.45. The minimum absolute atomic E-state index is 0.288. The fraction of sp³-hybridized carbons (Fsp3) is 0.438. The van der Waals surface area contributed by atoms with Crippen LogP contribution >= 0.6 is 34.8 Å². The molecule has 126 valence electrons. The largest absolute Gasteiger partial charge is 0.495 e. The summed E-state index contributed by atoms with van der Waals surface area (Å²) in [7, 11) is 1.51. The smallest absolute Gasteiger partial charge is 0.158 e. The molecule has 0 atom stereocenters. The lowest BCUT2D eigenvalue weighted by Gasteiger charge is -2.13. The van der Waals surface area contributed by atoms with Gasteiger partial charge in [-0.15, -0.1) is 0 Å². The molecule has 1 heterocycles. The van der Waals surface area contributed by atoms with Crippen molar-refractivity contribution >= 4 is 34.8 Å². The average molecular weight is 378 g/mol. The summed E-state index contributed by atoms with van der Waals surface area (Å²) < 4.78 is 12.9. The Labute approximate surface area is 151 Å². The van der Waals surface area contributed by atoms with Crippen molar-refractivity contribution in [2.24, 2.45) is 0 Å². The maximum absolute atomic E-state index is 6.17. The minimum Gasteiger partial charge on any atom is -0.495 e. The van der Waals surface area contributed by atoms with Crippen molar-refractivity contribution in [1.29, 1.82) is 0 Å². The molecule has 0 bridgehead atoms. The number of aryl methyl sites for hydroxylation is 1. The number of methoxy groups -OCH3 is 1. The second-order valence-electron chi connectivity index (χ2n) is 5.08. The van der Waals surface area contributed by atoms with Crippen LogP contribution in [-0.4, -0.2) is 23.3 Å². The number of halogens is 3. The lowest BCUT2D eigenvalue weighted by atomic mass is 10.2. The van der Waals surface area contributed by atoms with E-state index in [9.17, 15) is 0 Å². The van der Waals surface area contributed by atoms with Crippen molar-refractivity contribution in [1.82, 2.24) is 9.55 Å². The van der Waals surface area contributed by atoms with Gasteiger partial charge in [-0.1, -0.05) is 47.6 Å². The van der Waals surface area contributed by atoms with E-state index >= 15 is 0 Å². The predicted molar refractivity (Wildman–Crippen MR) is 94.2 cm³/mol. The number of hydrogen-bond donors (Lipinski definition) is 0. The van der Waals surface area contributed by atoms with Crippen LogP contribution in [0.4, 0.5) is 0 Å². The third-order valence-corrected chi connectivity index (χ3v) is 4.53. The molecule has 4 nitrogen and oxygen atoms in total. The number of ether oxygens (including phenoxy) is 2. The average Bonchev–Trinajstić information content (AvgIpc) is 3.06. The van der Waals surface area contributed by atoms with Crippen molar-refractivity contribution in [2.45, 2.75) is 32.2 Å². The molecule has 7 heteroatoms. The van der Waals surface area contributed by atoms with Gasteiger partial charge >= 0.3 is 0 Å². The molecule has 23 heavy (non-hydrogen) atoms. The summed E-state index contributed by atoms with van der Waals surface area (Å²) in [6, 6.07) is 1.61. The number of benzene rings is 1. The Kier molecular flexibility index (Phi) is 7.34. The number of imidazole rings is 1. The second kappa shape index (κ2) is 9.26. The third-order valence-electron chi connectivity index (χ3n) is 3.42. The van der Waals surface area contributed by atoms with E-state index in [4.69, 9.17) is 44.3 Å². The molecule has 2 aromatic rings. The van der Waals surface area contributed by atoms with E-state index in [0.29, 0.717) is 28.2 Å². The molecule has 0 aliphatic heterocycles. The van der Waals surface area contributed by atoms with E-state index in [1.54, 1.807) is 12.3 Å². The van der Waals surface area contributed by atoms with Crippen LogP contribution in [0.5, 0.6) is 11.5 Å². The van der Waals surface area contributed by atoms with E-state index in [0.717, 1.165) is 32.2 Å². The second-order valence-corrected chi connectivity index (χ2v) is 6.24. The molecule has 0 fully saturated rings. The van der Waals surface area contributed by atoms with Crippen LogP contribution in [0, 0.1) is 0 Å². The van der Waals surface area contributed by atoms with Crippen molar-refractivity contribution in [3.05, 3.63) is 39.9 Å². The molecule has 2 rings (SSSR count). The number of nitrogens with zero attached hydrogens (tertiary/aromatic N) is 2. The number of hydrogen-bond acceptors (Lipinski definition) is 3. The highest BCUT2D eigenvalue weighted by atomic mass is 35.5. The molecule has 1 aromatic heterocycles. The maximum atomic E-state index is 6.17. The lowest BCUT2D eigenvalue weighted by molar-refractivity contribution is 0.304. The summed E-state index contributed by atoms with van der Waals surface area (Å²) in [5, 5.41) is 1.00. The zero-order valence-electron chi connectivity index (χ0n) is 12.9. The quantitative estimate of drug-likeness (QED) is 0.428. The summed E-state index contributed by atoms with van der Waals surface area (Å²) in [4.78, 5) is 4.02. The first-order valence-electron chi connectivity index (χ1n) is 7.43. The predicted octanol–water partition coefficient (Wildman–Crippen LogP) is 5.49. The molecule has 0 aliphatic carbocycles. The first-order valence-corrected chi connectivity index (χ1v) is 8.57. The van der Waals surface area contributed by atoms with Gasteiger partial charge in [0, 0.05) is 25.0 Å². The molecule has 0 saturated heterocycles. The normalized spacial score (nSPS) is 10.8. The van der Waals surface area contributed by atoms with Crippen LogP contribution in [0.15, 0.2) is 24.8 Å². The van der Waals surface area contributed by atoms with E-state index in [2.05, 4.69) is 9.55 Å². The Morgan fingerprint density at radius 2 is 1.87 bits per heavy atom. The molecule has 0 spiro atoms. The molecule has 0 saturated carbocycles. The Morgan fingerprint density at radius 3 is 2.57 bits per heavy atom. The van der Waals surface area contributed by atoms with Crippen LogP contribution in [0.2, 0.25) is 15.1 Å². The fourth-order valence-corrected chi connectivity index (χ4v) is 2.94. The molecule has 0 radical (unpaired) electrons. The highest BCUT2D eigenvalue weighted by Gasteiger charge is 2.16. The van der Waals surface area contributed by atoms with Gasteiger partial charge in [-0.05, 0) is 12.8 Å². The maximum Gasteiger partial charge on any atom is 0.158 e. The SMILES string of the molecule is COc1cc(Cl)c(OCCCCCCn2ccnc2)c(Cl)c1Cl. The Bertz CT molecular complexity index is 618. The van der Waals surface area contributed by atoms with Gasteiger partial charge in [-0.3, -0.25) is 0 Å². The summed E-state index contributed by atoms with van der Waals surface area (Å²) in [5.74, 6) is 0.853. The van der Waals surface area contributed by atoms with Crippen molar-refractivity contribution in [2.75, 3.05) is 13.7 Å². The summed E-state index contributed by atoms with van der Waals surface area (Å²) in [6.45, 7) is 1.54. The molecule has 0 N–H and O–H groups in total. The van der Waals surface area contributed by atoms with Gasteiger partial charge in [-0.2, -0.15) is 0 Å². The van der Waals surface area contributed by atoms with E-state index < -0.39 is 0 Å². The van der Waals surface area contributed by atoms with Crippen LogP contribution in [-0.2, 0) is 6.54 Å². The summed E-state index contributed by atoms with van der Waals surface area (Å²) in [5.41, 5.74) is 0. The Balaban J connectivity index is 1.71. The number of rotatable bonds is 9. The van der Waals surface area contributed by atoms with Crippen LogP contribution in [0.25, 0.3) is 0 Å². The van der Waals surface area contributed by atoms with Crippen LogP contribution < -0.4 is 9.47 Å². The molecule has 0 amide bonds. The van der Waals surface area contributed by atoms with E-state index in [1.807, 2.05) is 12.5 Å². The lowest BCUT2D eigenvalue weighted by Crippen LogP contribution is -2.00. The van der Waals surface area contributed by atoms with Crippen LogP contribution in [0.1, 0.15) is 25.7 Å². The summed E-state index contributed by atoms with van der Waals surface area (Å²) in [6.07, 6.45) is 9.86. The zero-order chi connectivity index (χ0) is 16.7. The third kappa shape index (κ3) is 5.20. The molecular formula is C16H19Cl3N2O2. The van der Waals surface area contributed by atoms with Gasteiger partial charge < -0.3 is 14.0 Å². The molecule has 0 aliphatic rings. The molecule has 1 aromatic carbocycles. The van der Waals surface area contributed by atoms with Crippen molar-refractivity contribution in [3.8, 4) is 11.5 Å². The highest BCUT2D eigenvalue weighted by Crippen LogP contribution is 2.44. The standard InChI is InChI=1S/C16H19Cl3N2O2/c1-22-13-10-12(17)16(15(19)14(13)18)23-9-5-3-2-4-7-21-8-6-20-11-21/h6,8,10-11H,2-5,7,9H2,1H3. The Morgan fingerprint density at radius 1 is 1.09 bits per heavy atom. The zero-order valence-corrected chi connectivity index (χ0v) is 15.2. The van der Waals surface area contributed by atoms with E-state index in [-0.39, 0.29) is 5.02 Å². The number of unbranched alkanes of at least 4 members (excludes halogenated alkanes) is 3. The van der Waals surface area contributed by atoms with Crippen molar-refractivity contribution < 1.29 is 9.47 Å². The van der Waals surface area contributed by atoms with Gasteiger partial charge in [0.1, 0.15) is 15.8 Å². The van der Waals surface area contributed by atoms with Crippen molar-refractivity contribution in [3.63, 3.8) is 0 Å². The topological polar surface area (TPSA) is 36.3 Å². The van der Waals surface area contributed by atoms with Gasteiger partial charge in [0.25, 0.3) is 0 Å². The Hall–Kier alpha value is -1.10. The van der Waals surface area contributed by atoms with E-state index in [1.165, 1.54) is 7.11 Å². The van der Waals surface area contributed by atoms with Gasteiger partial charge in [0.2, 0.25) is 0 Å². The van der Waals surface area contributed by atoms with Gasteiger partial charge in [0.05, 0.1) is 25.1 Å².